The fourth-order valence-electron chi connectivity index (χ4n) is 2.43. The van der Waals surface area contributed by atoms with Crippen LogP contribution in [0.3, 0.4) is 0 Å². The second kappa shape index (κ2) is 7.84. The number of halogens is 1. The van der Waals surface area contributed by atoms with Crippen molar-refractivity contribution >= 4 is 47.4 Å². The van der Waals surface area contributed by atoms with Crippen molar-refractivity contribution in [2.45, 2.75) is 45.8 Å². The monoisotopic (exact) mass is 397 g/mol. The molecule has 5 nitrogen and oxygen atoms in total. The molecule has 8 heteroatoms. The molecule has 0 aliphatic carbocycles. The van der Waals surface area contributed by atoms with Crippen molar-refractivity contribution in [3.63, 3.8) is 0 Å². The quantitative estimate of drug-likeness (QED) is 0.592. The Bertz CT molecular complexity index is 720. The second-order valence-corrected chi connectivity index (χ2v) is 8.76. The van der Waals surface area contributed by atoms with E-state index in [2.05, 4.69) is 0 Å². The minimum absolute atomic E-state index is 0.0217. The summed E-state index contributed by atoms with van der Waals surface area (Å²) in [6.07, 6.45) is 1.88. The van der Waals surface area contributed by atoms with E-state index < -0.39 is 18.3 Å². The molecule has 0 unspecified atom stereocenters. The minimum atomic E-state index is -0.563. The Balaban J connectivity index is 2.43. The second-order valence-electron chi connectivity index (χ2n) is 7.20. The van der Waals surface area contributed by atoms with Crippen molar-refractivity contribution in [2.75, 3.05) is 18.6 Å². The predicted molar refractivity (Wildman–Crippen MR) is 110 cm³/mol. The van der Waals surface area contributed by atoms with Crippen LogP contribution in [-0.2, 0) is 14.1 Å². The van der Waals surface area contributed by atoms with E-state index in [0.29, 0.717) is 22.2 Å². The summed E-state index contributed by atoms with van der Waals surface area (Å²) in [5, 5.41) is 0.513. The third-order valence-corrected chi connectivity index (χ3v) is 5.90. The average Bonchev–Trinajstić information content (AvgIpc) is 2.73. The van der Waals surface area contributed by atoms with Gasteiger partial charge in [0.15, 0.2) is 5.12 Å². The predicted octanol–water partition coefficient (Wildman–Crippen LogP) is 4.23. The Morgan fingerprint density at radius 3 is 2.38 bits per heavy atom. The van der Waals surface area contributed by atoms with Gasteiger partial charge in [-0.1, -0.05) is 29.4 Å². The van der Waals surface area contributed by atoms with Crippen molar-refractivity contribution in [1.82, 2.24) is 0 Å². The van der Waals surface area contributed by atoms with Gasteiger partial charge in [-0.2, -0.15) is 0 Å². The molecule has 0 amide bonds. The summed E-state index contributed by atoms with van der Waals surface area (Å²) in [5.74, 6) is 0.975. The summed E-state index contributed by atoms with van der Waals surface area (Å²) in [6, 6.07) is 3.41. The third-order valence-electron chi connectivity index (χ3n) is 4.69. The maximum Gasteiger partial charge on any atom is 0.491 e. The third kappa shape index (κ3) is 4.57. The number of rotatable bonds is 5. The minimum Gasteiger partial charge on any atom is -0.495 e. The number of carbonyl (C=O) groups is 1. The van der Waals surface area contributed by atoms with Crippen LogP contribution in [0.1, 0.15) is 40.2 Å². The van der Waals surface area contributed by atoms with Gasteiger partial charge in [0.2, 0.25) is 0 Å². The number of methoxy groups -OCH3 is 1. The Morgan fingerprint density at radius 1 is 1.31 bits per heavy atom. The van der Waals surface area contributed by atoms with E-state index in [1.807, 2.05) is 33.8 Å². The Morgan fingerprint density at radius 2 is 1.88 bits per heavy atom. The standard InChI is InChI=1S/C18H25BClNO4S/c1-11(22)26-10-13(19-24-17(2,3)18(4,5)25-19)7-12-8-16(23-6)15(21)9-14(12)20/h7-9H,10,21H2,1-6H3. The number of hydrogen-bond donors (Lipinski definition) is 1. The van der Waals surface area contributed by atoms with Gasteiger partial charge in [0, 0.05) is 12.7 Å². The van der Waals surface area contributed by atoms with Crippen LogP contribution < -0.4 is 10.5 Å². The smallest absolute Gasteiger partial charge is 0.491 e. The number of anilines is 1. The van der Waals surface area contributed by atoms with E-state index in [0.717, 1.165) is 11.0 Å². The SMILES string of the molecule is COc1cc(C=C(CSC(C)=O)B2OC(C)(C)C(C)(C)O2)c(Cl)cc1N. The first-order valence-corrected chi connectivity index (χ1v) is 9.65. The van der Waals surface area contributed by atoms with Crippen molar-refractivity contribution < 1.29 is 18.8 Å². The Hall–Kier alpha value is -1.15. The zero-order chi connectivity index (χ0) is 19.7. The lowest BCUT2D eigenvalue weighted by Gasteiger charge is -2.32. The normalized spacial score (nSPS) is 18.9. The summed E-state index contributed by atoms with van der Waals surface area (Å²) in [7, 11) is 0.986. The largest absolute Gasteiger partial charge is 0.495 e. The van der Waals surface area contributed by atoms with Gasteiger partial charge in [0.1, 0.15) is 5.75 Å². The molecule has 0 radical (unpaired) electrons. The van der Waals surface area contributed by atoms with Crippen LogP contribution in [0.25, 0.3) is 6.08 Å². The van der Waals surface area contributed by atoms with E-state index in [4.69, 9.17) is 31.4 Å². The maximum atomic E-state index is 11.5. The van der Waals surface area contributed by atoms with Crippen LogP contribution >= 0.6 is 23.4 Å². The first-order valence-electron chi connectivity index (χ1n) is 8.29. The Kier molecular flexibility index (Phi) is 6.38. The van der Waals surface area contributed by atoms with Gasteiger partial charge in [-0.15, -0.1) is 0 Å². The van der Waals surface area contributed by atoms with Gasteiger partial charge >= 0.3 is 7.12 Å². The topological polar surface area (TPSA) is 70.8 Å². The van der Waals surface area contributed by atoms with Gasteiger partial charge in [-0.05, 0) is 50.9 Å². The van der Waals surface area contributed by atoms with Crippen molar-refractivity contribution in [3.05, 3.63) is 28.2 Å². The number of nitrogens with two attached hydrogens (primary N) is 1. The van der Waals surface area contributed by atoms with Gasteiger partial charge < -0.3 is 19.8 Å². The van der Waals surface area contributed by atoms with E-state index in [9.17, 15) is 4.79 Å². The molecular weight excluding hydrogens is 373 g/mol. The molecule has 2 N–H and O–H groups in total. The lowest BCUT2D eigenvalue weighted by molar-refractivity contribution is -0.109. The van der Waals surface area contributed by atoms with E-state index >= 15 is 0 Å². The number of carbonyl (C=O) groups excluding carboxylic acids is 1. The number of nitrogen functional groups attached to an aromatic ring is 1. The number of hydrogen-bond acceptors (Lipinski definition) is 6. The molecule has 2 rings (SSSR count). The van der Waals surface area contributed by atoms with E-state index in [-0.39, 0.29) is 5.12 Å². The molecule has 26 heavy (non-hydrogen) atoms. The van der Waals surface area contributed by atoms with Crippen LogP contribution in [0.15, 0.2) is 17.6 Å². The van der Waals surface area contributed by atoms with Crippen molar-refractivity contribution in [3.8, 4) is 5.75 Å². The molecule has 1 aromatic carbocycles. The molecule has 0 atom stereocenters. The summed E-state index contributed by atoms with van der Waals surface area (Å²) in [6.45, 7) is 9.49. The van der Waals surface area contributed by atoms with E-state index in [1.54, 1.807) is 19.2 Å². The highest BCUT2D eigenvalue weighted by atomic mass is 35.5. The Labute approximate surface area is 164 Å². The molecule has 1 saturated heterocycles. The van der Waals surface area contributed by atoms with Gasteiger partial charge in [-0.25, -0.2) is 0 Å². The van der Waals surface area contributed by atoms with Crippen LogP contribution in [0, 0.1) is 0 Å². The zero-order valence-corrected chi connectivity index (χ0v) is 17.6. The zero-order valence-electron chi connectivity index (χ0n) is 16.0. The molecule has 0 aromatic heterocycles. The number of ether oxygens (including phenoxy) is 1. The highest BCUT2D eigenvalue weighted by molar-refractivity contribution is 8.13. The summed E-state index contributed by atoms with van der Waals surface area (Å²) in [4.78, 5) is 11.5. The lowest BCUT2D eigenvalue weighted by atomic mass is 9.78. The first-order chi connectivity index (χ1) is 12.0. The van der Waals surface area contributed by atoms with Crippen molar-refractivity contribution in [1.29, 1.82) is 0 Å². The van der Waals surface area contributed by atoms with Crippen LogP contribution in [0.4, 0.5) is 5.69 Å². The molecule has 1 aliphatic rings. The molecule has 1 aromatic rings. The van der Waals surface area contributed by atoms with Crippen LogP contribution in [-0.4, -0.2) is 36.3 Å². The van der Waals surface area contributed by atoms with Gasteiger partial charge in [0.25, 0.3) is 0 Å². The molecule has 0 bridgehead atoms. The number of thioether (sulfide) groups is 1. The van der Waals surface area contributed by atoms with Crippen LogP contribution in [0.2, 0.25) is 5.02 Å². The van der Waals surface area contributed by atoms with Crippen LogP contribution in [0.5, 0.6) is 5.75 Å². The first kappa shape index (κ1) is 21.2. The van der Waals surface area contributed by atoms with E-state index in [1.165, 1.54) is 18.7 Å². The molecule has 0 saturated carbocycles. The lowest BCUT2D eigenvalue weighted by Crippen LogP contribution is -2.41. The molecule has 0 spiro atoms. The fourth-order valence-corrected chi connectivity index (χ4v) is 3.24. The molecular formula is C18H25BClNO4S. The number of benzene rings is 1. The molecule has 1 fully saturated rings. The van der Waals surface area contributed by atoms with Crippen molar-refractivity contribution in [2.24, 2.45) is 0 Å². The molecule has 1 heterocycles. The molecule has 1 aliphatic heterocycles. The summed E-state index contributed by atoms with van der Waals surface area (Å²) in [5.41, 5.74) is 6.96. The highest BCUT2D eigenvalue weighted by Crippen LogP contribution is 2.40. The highest BCUT2D eigenvalue weighted by Gasteiger charge is 2.52. The van der Waals surface area contributed by atoms with Gasteiger partial charge in [-0.3, -0.25) is 4.79 Å². The summed E-state index contributed by atoms with van der Waals surface area (Å²) >= 11 is 7.55. The summed E-state index contributed by atoms with van der Waals surface area (Å²) < 4.78 is 17.6. The maximum absolute atomic E-state index is 11.5. The van der Waals surface area contributed by atoms with Gasteiger partial charge in [0.05, 0.1) is 29.0 Å². The fraction of sp³-hybridized carbons (Fsp3) is 0.500. The average molecular weight is 398 g/mol. The molecule has 142 valence electrons.